The van der Waals surface area contributed by atoms with Crippen LogP contribution in [0.25, 0.3) is 4.96 Å². The third-order valence-corrected chi connectivity index (χ3v) is 3.07. The molecular formula is C12H18N4OS. The minimum absolute atomic E-state index is 0.136. The molecule has 0 unspecified atom stereocenters. The Morgan fingerprint density at radius 2 is 2.28 bits per heavy atom. The van der Waals surface area contributed by atoms with Crippen LogP contribution in [0.4, 0.5) is 4.79 Å². The first-order valence-corrected chi connectivity index (χ1v) is 6.79. The van der Waals surface area contributed by atoms with E-state index in [4.69, 9.17) is 0 Å². The van der Waals surface area contributed by atoms with Crippen LogP contribution in [0.2, 0.25) is 0 Å². The van der Waals surface area contributed by atoms with Crippen LogP contribution < -0.4 is 10.6 Å². The van der Waals surface area contributed by atoms with E-state index < -0.39 is 0 Å². The highest BCUT2D eigenvalue weighted by Crippen LogP contribution is 2.11. The van der Waals surface area contributed by atoms with Gasteiger partial charge >= 0.3 is 6.03 Å². The van der Waals surface area contributed by atoms with Gasteiger partial charge in [-0.25, -0.2) is 9.78 Å². The van der Waals surface area contributed by atoms with Gasteiger partial charge in [-0.3, -0.25) is 4.40 Å². The minimum atomic E-state index is -0.207. The predicted molar refractivity (Wildman–Crippen MR) is 73.1 cm³/mol. The molecule has 0 saturated carbocycles. The van der Waals surface area contributed by atoms with Gasteiger partial charge in [0, 0.05) is 36.3 Å². The Labute approximate surface area is 110 Å². The lowest BCUT2D eigenvalue weighted by Crippen LogP contribution is -2.46. The van der Waals surface area contributed by atoms with Crippen molar-refractivity contribution >= 4 is 22.3 Å². The average molecular weight is 266 g/mol. The van der Waals surface area contributed by atoms with Crippen molar-refractivity contribution in [3.63, 3.8) is 0 Å². The lowest BCUT2D eigenvalue weighted by molar-refractivity contribution is 0.232. The van der Waals surface area contributed by atoms with Crippen LogP contribution in [-0.4, -0.2) is 27.5 Å². The van der Waals surface area contributed by atoms with E-state index in [1.54, 1.807) is 11.3 Å². The smallest absolute Gasteiger partial charge is 0.315 e. The molecule has 0 aliphatic heterocycles. The van der Waals surface area contributed by atoms with Gasteiger partial charge in [0.15, 0.2) is 4.96 Å². The number of rotatable bonds is 3. The summed E-state index contributed by atoms with van der Waals surface area (Å²) in [4.78, 5) is 17.0. The molecule has 2 aromatic rings. The summed E-state index contributed by atoms with van der Waals surface area (Å²) in [5.41, 5.74) is 0.791. The molecule has 0 saturated heterocycles. The summed E-state index contributed by atoms with van der Waals surface area (Å²) in [5.74, 6) is 0. The molecule has 2 heterocycles. The molecule has 6 heteroatoms. The number of amides is 2. The second kappa shape index (κ2) is 4.97. The van der Waals surface area contributed by atoms with Gasteiger partial charge in [-0.1, -0.05) is 0 Å². The van der Waals surface area contributed by atoms with E-state index in [-0.39, 0.29) is 11.6 Å². The predicted octanol–water partition coefficient (Wildman–Crippen LogP) is 2.04. The number of aromatic nitrogens is 2. The molecule has 2 amide bonds. The van der Waals surface area contributed by atoms with Gasteiger partial charge in [-0.2, -0.15) is 0 Å². The summed E-state index contributed by atoms with van der Waals surface area (Å²) in [6.07, 6.45) is 4.72. The van der Waals surface area contributed by atoms with Crippen LogP contribution >= 0.6 is 11.3 Å². The lowest BCUT2D eigenvalue weighted by atomic mass is 10.1. The normalized spacial score (nSPS) is 11.7. The minimum Gasteiger partial charge on any atom is -0.338 e. The summed E-state index contributed by atoms with van der Waals surface area (Å²) < 4.78 is 2.00. The van der Waals surface area contributed by atoms with Crippen molar-refractivity contribution in [1.29, 1.82) is 0 Å². The molecule has 0 bridgehead atoms. The molecule has 0 aromatic carbocycles. The van der Waals surface area contributed by atoms with Crippen molar-refractivity contribution in [2.45, 2.75) is 32.7 Å². The molecule has 0 spiro atoms. The average Bonchev–Trinajstić information content (AvgIpc) is 2.74. The summed E-state index contributed by atoms with van der Waals surface area (Å²) >= 11 is 1.61. The van der Waals surface area contributed by atoms with E-state index >= 15 is 0 Å². The number of carbonyl (C=O) groups is 1. The number of urea groups is 1. The third kappa shape index (κ3) is 3.46. The summed E-state index contributed by atoms with van der Waals surface area (Å²) in [7, 11) is 0. The van der Waals surface area contributed by atoms with Gasteiger partial charge in [0.05, 0.1) is 5.69 Å². The van der Waals surface area contributed by atoms with E-state index in [9.17, 15) is 4.79 Å². The number of thiazole rings is 1. The molecule has 0 atom stereocenters. The summed E-state index contributed by atoms with van der Waals surface area (Å²) in [6, 6.07) is -0.136. The molecule has 18 heavy (non-hydrogen) atoms. The molecule has 5 nitrogen and oxygen atoms in total. The number of fused-ring (bicyclic) bond motifs is 1. The van der Waals surface area contributed by atoms with Gasteiger partial charge in [0.25, 0.3) is 0 Å². The quantitative estimate of drug-likeness (QED) is 0.893. The van der Waals surface area contributed by atoms with Crippen LogP contribution in [0.15, 0.2) is 17.8 Å². The number of hydrogen-bond donors (Lipinski definition) is 2. The van der Waals surface area contributed by atoms with Gasteiger partial charge in [0.2, 0.25) is 0 Å². The summed E-state index contributed by atoms with van der Waals surface area (Å²) in [6.45, 7) is 6.45. The molecule has 0 aliphatic rings. The zero-order valence-corrected chi connectivity index (χ0v) is 11.7. The van der Waals surface area contributed by atoms with Crippen molar-refractivity contribution in [1.82, 2.24) is 20.0 Å². The van der Waals surface area contributed by atoms with E-state index in [1.165, 1.54) is 0 Å². The Kier molecular flexibility index (Phi) is 3.56. The van der Waals surface area contributed by atoms with Gasteiger partial charge < -0.3 is 10.6 Å². The molecule has 0 fully saturated rings. The number of hydrogen-bond acceptors (Lipinski definition) is 3. The second-order valence-electron chi connectivity index (χ2n) is 5.21. The Hall–Kier alpha value is -1.56. The topological polar surface area (TPSA) is 58.4 Å². The van der Waals surface area contributed by atoms with Gasteiger partial charge in [0.1, 0.15) is 0 Å². The number of carbonyl (C=O) groups excluding carboxylic acids is 1. The van der Waals surface area contributed by atoms with Crippen molar-refractivity contribution in [3.8, 4) is 0 Å². The fourth-order valence-electron chi connectivity index (χ4n) is 1.59. The maximum atomic E-state index is 11.5. The van der Waals surface area contributed by atoms with Gasteiger partial charge in [-0.05, 0) is 20.8 Å². The second-order valence-corrected chi connectivity index (χ2v) is 6.08. The molecule has 2 aromatic heterocycles. The first-order valence-electron chi connectivity index (χ1n) is 5.91. The third-order valence-electron chi connectivity index (χ3n) is 2.30. The standard InChI is InChI=1S/C12H18N4OS/c1-12(2,3)15-10(17)13-5-4-9-8-16-6-7-18-11(16)14-9/h6-8H,4-5H2,1-3H3,(H2,13,15,17). The Bertz CT molecular complexity index is 509. The first kappa shape index (κ1) is 12.9. The van der Waals surface area contributed by atoms with Crippen LogP contribution in [0, 0.1) is 0 Å². The zero-order chi connectivity index (χ0) is 13.2. The van der Waals surface area contributed by atoms with E-state index in [2.05, 4.69) is 15.6 Å². The maximum absolute atomic E-state index is 11.5. The van der Waals surface area contributed by atoms with E-state index in [0.717, 1.165) is 17.1 Å². The molecule has 0 aliphatic carbocycles. The first-order chi connectivity index (χ1) is 8.44. The highest BCUT2D eigenvalue weighted by Gasteiger charge is 2.12. The summed E-state index contributed by atoms with van der Waals surface area (Å²) in [5, 5.41) is 7.68. The van der Waals surface area contributed by atoms with Crippen molar-refractivity contribution in [2.24, 2.45) is 0 Å². The van der Waals surface area contributed by atoms with Crippen LogP contribution in [0.3, 0.4) is 0 Å². The van der Waals surface area contributed by atoms with Crippen molar-refractivity contribution in [2.75, 3.05) is 6.54 Å². The van der Waals surface area contributed by atoms with Gasteiger partial charge in [-0.15, -0.1) is 11.3 Å². The van der Waals surface area contributed by atoms with Crippen LogP contribution in [-0.2, 0) is 6.42 Å². The molecule has 98 valence electrons. The number of nitrogens with zero attached hydrogens (tertiary/aromatic N) is 2. The SMILES string of the molecule is CC(C)(C)NC(=O)NCCc1cn2ccsc2n1. The molecular weight excluding hydrogens is 248 g/mol. The molecule has 2 rings (SSSR count). The van der Waals surface area contributed by atoms with Crippen LogP contribution in [0.1, 0.15) is 26.5 Å². The zero-order valence-electron chi connectivity index (χ0n) is 10.9. The lowest BCUT2D eigenvalue weighted by Gasteiger charge is -2.20. The Morgan fingerprint density at radius 1 is 1.50 bits per heavy atom. The molecule has 2 N–H and O–H groups in total. The Morgan fingerprint density at radius 3 is 2.94 bits per heavy atom. The fourth-order valence-corrected chi connectivity index (χ4v) is 2.30. The number of imidazole rings is 1. The largest absolute Gasteiger partial charge is 0.338 e. The highest BCUT2D eigenvalue weighted by molar-refractivity contribution is 7.15. The number of nitrogens with one attached hydrogen (secondary N) is 2. The van der Waals surface area contributed by atoms with E-state index in [1.807, 2.05) is 42.9 Å². The van der Waals surface area contributed by atoms with Crippen LogP contribution in [0.5, 0.6) is 0 Å². The van der Waals surface area contributed by atoms with Crippen molar-refractivity contribution in [3.05, 3.63) is 23.5 Å². The van der Waals surface area contributed by atoms with E-state index in [0.29, 0.717) is 6.54 Å². The Balaban J connectivity index is 1.78. The fraction of sp³-hybridized carbons (Fsp3) is 0.500. The molecule has 0 radical (unpaired) electrons. The monoisotopic (exact) mass is 266 g/mol. The highest BCUT2D eigenvalue weighted by atomic mass is 32.1. The van der Waals surface area contributed by atoms with Crippen molar-refractivity contribution < 1.29 is 4.79 Å². The maximum Gasteiger partial charge on any atom is 0.315 e.